The molecule has 4 N–H and O–H groups in total. The average molecular weight is 558 g/mol. The molecule has 14 heteroatoms. The number of carbonyl (C=O) groups is 1. The number of aliphatic hydroxyl groups excluding tert-OH is 1. The van der Waals surface area contributed by atoms with Gasteiger partial charge in [-0.05, 0) is 44.6 Å². The van der Waals surface area contributed by atoms with Gasteiger partial charge in [-0.3, -0.25) is 23.7 Å². The van der Waals surface area contributed by atoms with E-state index >= 15 is 0 Å². The third-order valence-corrected chi connectivity index (χ3v) is 7.64. The van der Waals surface area contributed by atoms with Gasteiger partial charge >= 0.3 is 13.7 Å². The number of nitrogens with zero attached hydrogens (tertiary/aromatic N) is 1. The zero-order valence-electron chi connectivity index (χ0n) is 20.7. The van der Waals surface area contributed by atoms with E-state index in [1.165, 1.54) is 30.7 Å². The third-order valence-electron chi connectivity index (χ3n) is 5.68. The van der Waals surface area contributed by atoms with Crippen LogP contribution in [0.5, 0.6) is 5.75 Å². The van der Waals surface area contributed by atoms with Gasteiger partial charge in [-0.2, -0.15) is 5.09 Å². The van der Waals surface area contributed by atoms with E-state index in [4.69, 9.17) is 30.7 Å². The SMILES string of the molecule is CCCCOC(=O)[C@H](C)N[P@@](=O)(OC[C@H]1O[C@@H](n2ccc(=O)[nH]c2=S)[C@](C)(O)C1O)Oc1ccccc1. The van der Waals surface area contributed by atoms with Crippen LogP contribution in [0, 0.1) is 4.77 Å². The molecular weight excluding hydrogens is 525 g/mol. The summed E-state index contributed by atoms with van der Waals surface area (Å²) in [5.41, 5.74) is -2.29. The molecule has 0 saturated carbocycles. The fourth-order valence-corrected chi connectivity index (χ4v) is 5.36. The second kappa shape index (κ2) is 12.4. The minimum atomic E-state index is -4.22. The normalized spacial score (nSPS) is 25.8. The number of esters is 1. The maximum absolute atomic E-state index is 13.7. The van der Waals surface area contributed by atoms with Gasteiger partial charge in [0.25, 0.3) is 5.56 Å². The van der Waals surface area contributed by atoms with Gasteiger partial charge in [0.1, 0.15) is 29.6 Å². The van der Waals surface area contributed by atoms with Crippen LogP contribution in [0.4, 0.5) is 0 Å². The Kier molecular flexibility index (Phi) is 9.81. The number of H-pyrrole nitrogens is 1. The van der Waals surface area contributed by atoms with Crippen molar-refractivity contribution in [3.8, 4) is 5.75 Å². The van der Waals surface area contributed by atoms with E-state index in [9.17, 15) is 24.4 Å². The van der Waals surface area contributed by atoms with Crippen molar-refractivity contribution in [2.75, 3.05) is 13.2 Å². The van der Waals surface area contributed by atoms with E-state index in [0.717, 1.165) is 6.42 Å². The van der Waals surface area contributed by atoms with E-state index in [1.807, 2.05) is 6.92 Å². The molecule has 0 radical (unpaired) electrons. The van der Waals surface area contributed by atoms with Gasteiger partial charge in [-0.25, -0.2) is 4.57 Å². The van der Waals surface area contributed by atoms with Crippen LogP contribution in [0.3, 0.4) is 0 Å². The van der Waals surface area contributed by atoms with Crippen LogP contribution >= 0.6 is 20.0 Å². The molecule has 12 nitrogen and oxygen atoms in total. The fourth-order valence-electron chi connectivity index (χ4n) is 3.60. The number of aliphatic hydroxyl groups is 2. The summed E-state index contributed by atoms with van der Waals surface area (Å²) in [4.78, 5) is 26.3. The molecule has 1 aromatic carbocycles. The number of aromatic amines is 1. The smallest absolute Gasteiger partial charge is 0.459 e. The van der Waals surface area contributed by atoms with E-state index in [-0.39, 0.29) is 17.1 Å². The van der Waals surface area contributed by atoms with Crippen LogP contribution in [-0.2, 0) is 23.4 Å². The first-order valence-corrected chi connectivity index (χ1v) is 13.7. The van der Waals surface area contributed by atoms with E-state index in [2.05, 4.69) is 10.1 Å². The van der Waals surface area contributed by atoms with Crippen molar-refractivity contribution in [3.63, 3.8) is 0 Å². The zero-order valence-corrected chi connectivity index (χ0v) is 22.4. The molecule has 1 aliphatic rings. The Labute approximate surface area is 219 Å². The molecule has 3 rings (SSSR count). The van der Waals surface area contributed by atoms with Crippen LogP contribution in [-0.4, -0.2) is 62.8 Å². The summed E-state index contributed by atoms with van der Waals surface area (Å²) in [5.74, 6) is -0.427. The van der Waals surface area contributed by atoms with Crippen molar-refractivity contribution in [1.29, 1.82) is 0 Å². The summed E-state index contributed by atoms with van der Waals surface area (Å²) < 4.78 is 37.1. The van der Waals surface area contributed by atoms with E-state index < -0.39 is 56.0 Å². The number of ether oxygens (including phenoxy) is 2. The van der Waals surface area contributed by atoms with Crippen molar-refractivity contribution in [1.82, 2.24) is 14.6 Å². The van der Waals surface area contributed by atoms with Crippen molar-refractivity contribution >= 4 is 25.9 Å². The standard InChI is InChI=1S/C23H32N3O9PS/c1-4-5-13-32-20(29)15(2)25-36(31,35-16-9-7-6-8-10-16)33-14-17-19(28)23(3,30)21(34-17)26-12-11-18(27)24-22(26)37/h6-12,15,17,19,21,28,30H,4-5,13-14H2,1-3H3,(H,25,31)(H,24,27,37)/t15-,17+,19?,21+,23+,36+/m0/s1. The lowest BCUT2D eigenvalue weighted by Crippen LogP contribution is -2.45. The van der Waals surface area contributed by atoms with Crippen molar-refractivity contribution in [3.05, 3.63) is 57.7 Å². The summed E-state index contributed by atoms with van der Waals surface area (Å²) in [6, 6.07) is 8.34. The summed E-state index contributed by atoms with van der Waals surface area (Å²) >= 11 is 5.15. The fraction of sp³-hybridized carbons (Fsp3) is 0.522. The second-order valence-corrected chi connectivity index (χ2v) is 10.9. The molecule has 0 spiro atoms. The third kappa shape index (κ3) is 7.35. The second-order valence-electron chi connectivity index (χ2n) is 8.78. The minimum Gasteiger partial charge on any atom is -0.465 e. The Morgan fingerprint density at radius 1 is 1.35 bits per heavy atom. The maximum Gasteiger partial charge on any atom is 0.459 e. The van der Waals surface area contributed by atoms with E-state index in [0.29, 0.717) is 6.42 Å². The number of benzene rings is 1. The van der Waals surface area contributed by atoms with Crippen molar-refractivity contribution in [2.24, 2.45) is 0 Å². The van der Waals surface area contributed by atoms with Gasteiger partial charge in [0.05, 0.1) is 13.2 Å². The van der Waals surface area contributed by atoms with Crippen LogP contribution in [0.15, 0.2) is 47.4 Å². The molecule has 0 amide bonds. The Hall–Kier alpha value is -2.38. The monoisotopic (exact) mass is 557 g/mol. The van der Waals surface area contributed by atoms with Gasteiger partial charge in [-0.1, -0.05) is 31.5 Å². The number of carbonyl (C=O) groups excluding carboxylic acids is 1. The highest BCUT2D eigenvalue weighted by atomic mass is 32.1. The molecule has 2 heterocycles. The molecule has 1 aliphatic heterocycles. The van der Waals surface area contributed by atoms with Gasteiger partial charge < -0.3 is 24.2 Å². The Morgan fingerprint density at radius 2 is 2.05 bits per heavy atom. The van der Waals surface area contributed by atoms with Crippen LogP contribution < -0.4 is 15.2 Å². The number of hydrogen-bond donors (Lipinski definition) is 4. The summed E-state index contributed by atoms with van der Waals surface area (Å²) in [6.45, 7) is 4.48. The minimum absolute atomic E-state index is 0.0262. The summed E-state index contributed by atoms with van der Waals surface area (Å²) in [5, 5.41) is 24.3. The quantitative estimate of drug-likeness (QED) is 0.131. The number of aromatic nitrogens is 2. The van der Waals surface area contributed by atoms with Crippen molar-refractivity contribution < 1.29 is 38.1 Å². The molecule has 204 valence electrons. The number of hydrogen-bond acceptors (Lipinski definition) is 10. The predicted molar refractivity (Wildman–Crippen MR) is 136 cm³/mol. The van der Waals surface area contributed by atoms with Gasteiger partial charge in [0, 0.05) is 12.3 Å². The number of rotatable bonds is 12. The molecule has 2 aromatic rings. The molecular formula is C23H32N3O9PS. The lowest BCUT2D eigenvalue weighted by atomic mass is 9.96. The molecule has 6 atom stereocenters. The Morgan fingerprint density at radius 3 is 2.70 bits per heavy atom. The molecule has 1 unspecified atom stereocenters. The first kappa shape index (κ1) is 29.2. The van der Waals surface area contributed by atoms with Crippen LogP contribution in [0.2, 0.25) is 0 Å². The van der Waals surface area contributed by atoms with Gasteiger partial charge in [0.2, 0.25) is 0 Å². The van der Waals surface area contributed by atoms with Crippen LogP contribution in [0.25, 0.3) is 0 Å². The van der Waals surface area contributed by atoms with Crippen LogP contribution in [0.1, 0.15) is 39.8 Å². The summed E-state index contributed by atoms with van der Waals surface area (Å²) in [6.07, 6.45) is -0.997. The lowest BCUT2D eigenvalue weighted by molar-refractivity contribution is -0.145. The highest BCUT2D eigenvalue weighted by Gasteiger charge is 2.53. The highest BCUT2D eigenvalue weighted by Crippen LogP contribution is 2.47. The van der Waals surface area contributed by atoms with E-state index in [1.54, 1.807) is 30.3 Å². The number of unbranched alkanes of at least 4 members (excludes halogenated alkanes) is 1. The maximum atomic E-state index is 13.7. The molecule has 1 fully saturated rings. The highest BCUT2D eigenvalue weighted by molar-refractivity contribution is 7.71. The zero-order chi connectivity index (χ0) is 27.2. The number of nitrogens with one attached hydrogen (secondary N) is 2. The molecule has 37 heavy (non-hydrogen) atoms. The predicted octanol–water partition coefficient (Wildman–Crippen LogP) is 2.44. The molecule has 1 aromatic heterocycles. The largest absolute Gasteiger partial charge is 0.465 e. The average Bonchev–Trinajstić information content (AvgIpc) is 3.07. The molecule has 1 saturated heterocycles. The lowest BCUT2D eigenvalue weighted by Gasteiger charge is -2.28. The van der Waals surface area contributed by atoms with Crippen molar-refractivity contribution in [2.45, 2.75) is 63.7 Å². The van der Waals surface area contributed by atoms with Gasteiger partial charge in [-0.15, -0.1) is 0 Å². The Bertz CT molecular complexity index is 1220. The topological polar surface area (TPSA) is 161 Å². The first-order chi connectivity index (χ1) is 17.5. The molecule has 0 bridgehead atoms. The Balaban J connectivity index is 1.77. The van der Waals surface area contributed by atoms with Gasteiger partial charge in [0.15, 0.2) is 11.0 Å². The number of para-hydroxylation sites is 1. The molecule has 0 aliphatic carbocycles. The first-order valence-electron chi connectivity index (χ1n) is 11.8. The summed E-state index contributed by atoms with van der Waals surface area (Å²) in [7, 11) is -4.22.